The van der Waals surface area contributed by atoms with E-state index in [2.05, 4.69) is 0 Å². The topological polar surface area (TPSA) is 104 Å². The summed E-state index contributed by atoms with van der Waals surface area (Å²) in [4.78, 5) is 26.2. The molecule has 28 heavy (non-hydrogen) atoms. The van der Waals surface area contributed by atoms with E-state index in [1.165, 1.54) is 6.07 Å². The van der Waals surface area contributed by atoms with Crippen LogP contribution in [0.5, 0.6) is 11.5 Å². The van der Waals surface area contributed by atoms with Crippen molar-refractivity contribution in [3.63, 3.8) is 0 Å². The van der Waals surface area contributed by atoms with E-state index in [4.69, 9.17) is 17.3 Å². The third kappa shape index (κ3) is 3.92. The first kappa shape index (κ1) is 20.0. The number of halogens is 1. The van der Waals surface area contributed by atoms with Gasteiger partial charge in [-0.05, 0) is 55.9 Å². The first-order valence-electron chi connectivity index (χ1n) is 9.20. The van der Waals surface area contributed by atoms with Crippen LogP contribution in [0.3, 0.4) is 0 Å². The zero-order chi connectivity index (χ0) is 20.4. The van der Waals surface area contributed by atoms with Gasteiger partial charge >= 0.3 is 0 Å². The van der Waals surface area contributed by atoms with Crippen LogP contribution < -0.4 is 5.73 Å². The molecular weight excluding hydrogens is 380 g/mol. The monoisotopic (exact) mass is 402 g/mol. The van der Waals surface area contributed by atoms with Gasteiger partial charge in [-0.3, -0.25) is 9.59 Å². The number of primary amides is 1. The van der Waals surface area contributed by atoms with Crippen LogP contribution in [0.4, 0.5) is 0 Å². The Bertz CT molecular complexity index is 929. The van der Waals surface area contributed by atoms with Gasteiger partial charge in [0.2, 0.25) is 5.91 Å². The predicted molar refractivity (Wildman–Crippen MR) is 107 cm³/mol. The third-order valence-electron chi connectivity index (χ3n) is 5.39. The van der Waals surface area contributed by atoms with Gasteiger partial charge in [0.1, 0.15) is 11.5 Å². The highest BCUT2D eigenvalue weighted by atomic mass is 35.5. The minimum Gasteiger partial charge on any atom is -0.507 e. The fourth-order valence-corrected chi connectivity index (χ4v) is 3.99. The second kappa shape index (κ2) is 8.10. The summed E-state index contributed by atoms with van der Waals surface area (Å²) in [5, 5.41) is 19.6. The maximum absolute atomic E-state index is 12.9. The van der Waals surface area contributed by atoms with Crippen molar-refractivity contribution in [1.82, 2.24) is 4.90 Å². The number of nitrogens with two attached hydrogens (primary N) is 1. The number of rotatable bonds is 5. The second-order valence-electron chi connectivity index (χ2n) is 7.11. The summed E-state index contributed by atoms with van der Waals surface area (Å²) >= 11 is 5.90. The number of phenols is 2. The van der Waals surface area contributed by atoms with Gasteiger partial charge in [-0.2, -0.15) is 0 Å². The number of benzene rings is 2. The number of hydrogen-bond acceptors (Lipinski definition) is 4. The maximum atomic E-state index is 12.9. The summed E-state index contributed by atoms with van der Waals surface area (Å²) < 4.78 is 0. The minimum absolute atomic E-state index is 0.0239. The standard InChI is InChI=1S/C21H23ClN2O4/c1-12-13(4-2-6-15(12)20(23)27)7-8-14-5-3-9-24(14)21(28)16-10-17(22)19(26)11-18(16)25/h2,4,6,10-11,14,25-26H,3,5,7-9H2,1H3,(H2,23,27). The van der Waals surface area contributed by atoms with Gasteiger partial charge in [-0.1, -0.05) is 23.7 Å². The number of amides is 2. The number of hydrogen-bond donors (Lipinski definition) is 3. The number of likely N-dealkylation sites (tertiary alicyclic amines) is 1. The van der Waals surface area contributed by atoms with Crippen LogP contribution in [-0.4, -0.2) is 39.5 Å². The van der Waals surface area contributed by atoms with Crippen LogP contribution in [-0.2, 0) is 6.42 Å². The molecule has 6 nitrogen and oxygen atoms in total. The highest BCUT2D eigenvalue weighted by Gasteiger charge is 2.31. The lowest BCUT2D eigenvalue weighted by atomic mass is 9.96. The molecule has 0 bridgehead atoms. The van der Waals surface area contributed by atoms with E-state index in [-0.39, 0.29) is 34.0 Å². The number of phenolic OH excluding ortho intramolecular Hbond substituents is 2. The van der Waals surface area contributed by atoms with E-state index in [9.17, 15) is 19.8 Å². The van der Waals surface area contributed by atoms with Crippen LogP contribution >= 0.6 is 11.6 Å². The number of carbonyl (C=O) groups is 2. The molecule has 2 amide bonds. The highest BCUT2D eigenvalue weighted by molar-refractivity contribution is 6.32. The Morgan fingerprint density at radius 3 is 2.68 bits per heavy atom. The molecule has 1 atom stereocenters. The normalized spacial score (nSPS) is 16.4. The molecule has 2 aromatic carbocycles. The molecule has 1 saturated heterocycles. The Kier molecular flexibility index (Phi) is 5.79. The Hall–Kier alpha value is -2.73. The molecule has 1 heterocycles. The molecule has 0 spiro atoms. The molecule has 1 fully saturated rings. The lowest BCUT2D eigenvalue weighted by molar-refractivity contribution is 0.0727. The van der Waals surface area contributed by atoms with Gasteiger partial charge in [0.25, 0.3) is 5.91 Å². The van der Waals surface area contributed by atoms with E-state index in [0.29, 0.717) is 18.5 Å². The number of carbonyl (C=O) groups excluding carboxylic acids is 2. The lowest BCUT2D eigenvalue weighted by Crippen LogP contribution is -2.36. The summed E-state index contributed by atoms with van der Waals surface area (Å²) in [5.41, 5.74) is 7.92. The molecule has 7 heteroatoms. The SMILES string of the molecule is Cc1c(CCC2CCCN2C(=O)c2cc(Cl)c(O)cc2O)cccc1C(N)=O. The highest BCUT2D eigenvalue weighted by Crippen LogP contribution is 2.33. The van der Waals surface area contributed by atoms with Gasteiger partial charge in [0.05, 0.1) is 10.6 Å². The van der Waals surface area contributed by atoms with E-state index in [1.807, 2.05) is 19.1 Å². The molecule has 0 aliphatic carbocycles. The van der Waals surface area contributed by atoms with Crippen LogP contribution in [0.15, 0.2) is 30.3 Å². The van der Waals surface area contributed by atoms with Crippen molar-refractivity contribution < 1.29 is 19.8 Å². The summed E-state index contributed by atoms with van der Waals surface area (Å²) in [6.07, 6.45) is 3.20. The van der Waals surface area contributed by atoms with E-state index in [0.717, 1.165) is 36.5 Å². The summed E-state index contributed by atoms with van der Waals surface area (Å²) in [6.45, 7) is 2.48. The van der Waals surface area contributed by atoms with Crippen molar-refractivity contribution in [1.29, 1.82) is 0 Å². The summed E-state index contributed by atoms with van der Waals surface area (Å²) in [5.74, 6) is -1.30. The lowest BCUT2D eigenvalue weighted by Gasteiger charge is -2.25. The number of aryl methyl sites for hydroxylation is 1. The number of nitrogens with zero attached hydrogens (tertiary/aromatic N) is 1. The second-order valence-corrected chi connectivity index (χ2v) is 7.52. The summed E-state index contributed by atoms with van der Waals surface area (Å²) in [7, 11) is 0. The van der Waals surface area contributed by atoms with Gasteiger partial charge < -0.3 is 20.8 Å². The molecule has 1 aliphatic heterocycles. The van der Waals surface area contributed by atoms with Crippen molar-refractivity contribution in [2.75, 3.05) is 6.54 Å². The Balaban J connectivity index is 1.75. The fraction of sp³-hybridized carbons (Fsp3) is 0.333. The van der Waals surface area contributed by atoms with Gasteiger partial charge in [0.15, 0.2) is 0 Å². The molecule has 0 radical (unpaired) electrons. The molecule has 0 aromatic heterocycles. The average Bonchev–Trinajstić information content (AvgIpc) is 3.11. The van der Waals surface area contributed by atoms with Crippen LogP contribution in [0, 0.1) is 6.92 Å². The molecule has 4 N–H and O–H groups in total. The zero-order valence-electron chi connectivity index (χ0n) is 15.6. The van der Waals surface area contributed by atoms with E-state index >= 15 is 0 Å². The number of aromatic hydroxyl groups is 2. The molecule has 1 unspecified atom stereocenters. The van der Waals surface area contributed by atoms with Crippen LogP contribution in [0.25, 0.3) is 0 Å². The predicted octanol–water partition coefficient (Wildman–Crippen LogP) is 3.40. The minimum atomic E-state index is -0.447. The molecule has 2 aromatic rings. The van der Waals surface area contributed by atoms with Gasteiger partial charge in [-0.25, -0.2) is 0 Å². The average molecular weight is 403 g/mol. The van der Waals surface area contributed by atoms with Crippen LogP contribution in [0.1, 0.15) is 51.1 Å². The third-order valence-corrected chi connectivity index (χ3v) is 5.69. The van der Waals surface area contributed by atoms with Crippen molar-refractivity contribution in [2.45, 2.75) is 38.6 Å². The van der Waals surface area contributed by atoms with Gasteiger partial charge in [0, 0.05) is 24.2 Å². The molecular formula is C21H23ClN2O4. The summed E-state index contributed by atoms with van der Waals surface area (Å²) in [6, 6.07) is 7.90. The largest absolute Gasteiger partial charge is 0.507 e. The molecule has 148 valence electrons. The Morgan fingerprint density at radius 2 is 1.96 bits per heavy atom. The molecule has 0 saturated carbocycles. The van der Waals surface area contributed by atoms with E-state index in [1.54, 1.807) is 11.0 Å². The smallest absolute Gasteiger partial charge is 0.257 e. The van der Waals surface area contributed by atoms with Crippen molar-refractivity contribution in [3.05, 3.63) is 57.6 Å². The fourth-order valence-electron chi connectivity index (χ4n) is 3.82. The Labute approximate surface area is 168 Å². The van der Waals surface area contributed by atoms with E-state index < -0.39 is 5.91 Å². The first-order chi connectivity index (χ1) is 13.3. The quantitative estimate of drug-likeness (QED) is 0.712. The van der Waals surface area contributed by atoms with Crippen molar-refractivity contribution in [2.24, 2.45) is 5.73 Å². The first-order valence-corrected chi connectivity index (χ1v) is 9.58. The van der Waals surface area contributed by atoms with Gasteiger partial charge in [-0.15, -0.1) is 0 Å². The Morgan fingerprint density at radius 1 is 1.21 bits per heavy atom. The van der Waals surface area contributed by atoms with Crippen LogP contribution in [0.2, 0.25) is 5.02 Å². The zero-order valence-corrected chi connectivity index (χ0v) is 16.4. The van der Waals surface area contributed by atoms with Crippen molar-refractivity contribution in [3.8, 4) is 11.5 Å². The van der Waals surface area contributed by atoms with Crippen molar-refractivity contribution >= 4 is 23.4 Å². The molecule has 1 aliphatic rings. The molecule has 3 rings (SSSR count). The maximum Gasteiger partial charge on any atom is 0.257 e.